The molecule has 3 nitrogen and oxygen atoms in total. The van der Waals surface area contributed by atoms with E-state index < -0.39 is 0 Å². The van der Waals surface area contributed by atoms with Gasteiger partial charge in [0, 0.05) is 23.4 Å². The summed E-state index contributed by atoms with van der Waals surface area (Å²) in [6, 6.07) is 15.4. The molecule has 2 aromatic rings. The summed E-state index contributed by atoms with van der Waals surface area (Å²) in [6.07, 6.45) is 0. The molecule has 0 spiro atoms. The fraction of sp³-hybridized carbons (Fsp3) is 0.235. The van der Waals surface area contributed by atoms with Crippen LogP contribution in [0.15, 0.2) is 48.5 Å². The number of amides is 1. The van der Waals surface area contributed by atoms with Crippen molar-refractivity contribution in [3.05, 3.63) is 54.1 Å². The Hall–Kier alpha value is -1.94. The third-order valence-electron chi connectivity index (χ3n) is 3.02. The van der Waals surface area contributed by atoms with Crippen molar-refractivity contribution in [2.75, 3.05) is 18.9 Å². The molecule has 1 amide bonds. The highest BCUT2D eigenvalue weighted by Gasteiger charge is 2.09. The summed E-state index contributed by atoms with van der Waals surface area (Å²) >= 11 is 4.09. The number of thiol groups is 1. The molecule has 0 aromatic heterocycles. The van der Waals surface area contributed by atoms with Crippen molar-refractivity contribution in [2.24, 2.45) is 0 Å². The first-order valence-corrected chi connectivity index (χ1v) is 7.60. The lowest BCUT2D eigenvalue weighted by molar-refractivity contribution is 0.0956. The van der Waals surface area contributed by atoms with E-state index in [-0.39, 0.29) is 5.91 Å². The van der Waals surface area contributed by atoms with Crippen LogP contribution in [0.25, 0.3) is 11.1 Å². The quantitative estimate of drug-likeness (QED) is 0.803. The molecular formula is C17H19NO2S. The smallest absolute Gasteiger partial charge is 0.251 e. The van der Waals surface area contributed by atoms with Crippen LogP contribution in [0, 0.1) is 0 Å². The van der Waals surface area contributed by atoms with E-state index in [0.717, 1.165) is 16.9 Å². The number of benzene rings is 2. The number of hydrogen-bond donors (Lipinski definition) is 2. The third kappa shape index (κ3) is 4.02. The molecule has 2 rings (SSSR count). The van der Waals surface area contributed by atoms with Gasteiger partial charge >= 0.3 is 0 Å². The zero-order valence-electron chi connectivity index (χ0n) is 12.0. The van der Waals surface area contributed by atoms with Crippen LogP contribution < -0.4 is 10.1 Å². The highest BCUT2D eigenvalue weighted by atomic mass is 32.1. The van der Waals surface area contributed by atoms with Crippen LogP contribution in [-0.2, 0) is 0 Å². The van der Waals surface area contributed by atoms with Crippen molar-refractivity contribution in [1.82, 2.24) is 5.32 Å². The van der Waals surface area contributed by atoms with Crippen LogP contribution >= 0.6 is 12.6 Å². The second kappa shape index (κ2) is 7.74. The van der Waals surface area contributed by atoms with Gasteiger partial charge in [0.05, 0.1) is 6.61 Å². The van der Waals surface area contributed by atoms with Gasteiger partial charge in [-0.1, -0.05) is 30.3 Å². The highest BCUT2D eigenvalue weighted by Crippen LogP contribution is 2.30. The summed E-state index contributed by atoms with van der Waals surface area (Å²) in [6.45, 7) is 3.12. The third-order valence-corrected chi connectivity index (χ3v) is 3.24. The van der Waals surface area contributed by atoms with E-state index >= 15 is 0 Å². The Labute approximate surface area is 130 Å². The van der Waals surface area contributed by atoms with Gasteiger partial charge in [-0.2, -0.15) is 12.6 Å². The molecule has 0 aliphatic heterocycles. The maximum Gasteiger partial charge on any atom is 0.251 e. The molecular weight excluding hydrogens is 282 g/mol. The molecule has 110 valence electrons. The second-order valence-electron chi connectivity index (χ2n) is 4.49. The summed E-state index contributed by atoms with van der Waals surface area (Å²) in [4.78, 5) is 12.0. The molecule has 0 saturated heterocycles. The van der Waals surface area contributed by atoms with E-state index in [4.69, 9.17) is 4.74 Å². The van der Waals surface area contributed by atoms with Gasteiger partial charge in [-0.25, -0.2) is 0 Å². The molecule has 0 saturated carbocycles. The van der Waals surface area contributed by atoms with Crippen LogP contribution in [0.3, 0.4) is 0 Å². The van der Waals surface area contributed by atoms with E-state index in [1.54, 1.807) is 6.07 Å². The molecule has 0 radical (unpaired) electrons. The van der Waals surface area contributed by atoms with Crippen molar-refractivity contribution in [3.63, 3.8) is 0 Å². The van der Waals surface area contributed by atoms with Gasteiger partial charge in [0.15, 0.2) is 0 Å². The summed E-state index contributed by atoms with van der Waals surface area (Å²) in [7, 11) is 0. The Morgan fingerprint density at radius 3 is 2.76 bits per heavy atom. The van der Waals surface area contributed by atoms with Crippen molar-refractivity contribution in [3.8, 4) is 16.9 Å². The fourth-order valence-electron chi connectivity index (χ4n) is 2.09. The molecule has 0 bridgehead atoms. The van der Waals surface area contributed by atoms with Crippen LogP contribution in [0.5, 0.6) is 5.75 Å². The van der Waals surface area contributed by atoms with Crippen LogP contribution in [0.1, 0.15) is 17.3 Å². The molecule has 0 aliphatic rings. The standard InChI is InChI=1S/C17H19NO2S/c1-2-20-16-9-4-3-8-15(16)13-6-5-7-14(12-13)17(19)18-10-11-21/h3-9,12,21H,2,10-11H2,1H3,(H,18,19). The predicted molar refractivity (Wildman–Crippen MR) is 89.2 cm³/mol. The molecule has 0 atom stereocenters. The second-order valence-corrected chi connectivity index (χ2v) is 4.94. The Kier molecular flexibility index (Phi) is 5.69. The molecule has 4 heteroatoms. The van der Waals surface area contributed by atoms with Crippen molar-refractivity contribution in [1.29, 1.82) is 0 Å². The Morgan fingerprint density at radius 2 is 2.00 bits per heavy atom. The zero-order chi connectivity index (χ0) is 15.1. The van der Waals surface area contributed by atoms with E-state index in [1.165, 1.54) is 0 Å². The minimum absolute atomic E-state index is 0.0835. The van der Waals surface area contributed by atoms with Gasteiger partial charge in [0.1, 0.15) is 5.75 Å². The first-order chi connectivity index (χ1) is 10.3. The fourth-order valence-corrected chi connectivity index (χ4v) is 2.20. The van der Waals surface area contributed by atoms with Gasteiger partial charge < -0.3 is 10.1 Å². The summed E-state index contributed by atoms with van der Waals surface area (Å²) in [5, 5.41) is 2.82. The number of nitrogens with one attached hydrogen (secondary N) is 1. The summed E-state index contributed by atoms with van der Waals surface area (Å²) in [5.74, 6) is 1.37. The topological polar surface area (TPSA) is 38.3 Å². The molecule has 2 aromatic carbocycles. The maximum absolute atomic E-state index is 12.0. The molecule has 0 unspecified atom stereocenters. The van der Waals surface area contributed by atoms with Gasteiger partial charge in [-0.05, 0) is 30.7 Å². The van der Waals surface area contributed by atoms with Gasteiger partial charge in [-0.3, -0.25) is 4.79 Å². The van der Waals surface area contributed by atoms with Crippen molar-refractivity contribution < 1.29 is 9.53 Å². The van der Waals surface area contributed by atoms with Crippen LogP contribution in [-0.4, -0.2) is 24.8 Å². The Bertz CT molecular complexity index is 613. The zero-order valence-corrected chi connectivity index (χ0v) is 12.9. The molecule has 1 N–H and O–H groups in total. The average molecular weight is 301 g/mol. The number of carbonyl (C=O) groups excluding carboxylic acids is 1. The van der Waals surface area contributed by atoms with Crippen LogP contribution in [0.4, 0.5) is 0 Å². The number of hydrogen-bond acceptors (Lipinski definition) is 3. The minimum atomic E-state index is -0.0835. The predicted octanol–water partition coefficient (Wildman–Crippen LogP) is 3.41. The van der Waals surface area contributed by atoms with Gasteiger partial charge in [0.2, 0.25) is 0 Å². The number of rotatable bonds is 6. The van der Waals surface area contributed by atoms with Gasteiger partial charge in [0.25, 0.3) is 5.91 Å². The lowest BCUT2D eigenvalue weighted by Crippen LogP contribution is -2.25. The first-order valence-electron chi connectivity index (χ1n) is 6.97. The van der Waals surface area contributed by atoms with Crippen molar-refractivity contribution >= 4 is 18.5 Å². The first kappa shape index (κ1) is 15.4. The molecule has 21 heavy (non-hydrogen) atoms. The normalized spacial score (nSPS) is 10.2. The van der Waals surface area contributed by atoms with E-state index in [2.05, 4.69) is 17.9 Å². The maximum atomic E-state index is 12.0. The lowest BCUT2D eigenvalue weighted by Gasteiger charge is -2.11. The molecule has 0 aliphatic carbocycles. The van der Waals surface area contributed by atoms with E-state index in [1.807, 2.05) is 49.4 Å². The van der Waals surface area contributed by atoms with Crippen molar-refractivity contribution in [2.45, 2.75) is 6.92 Å². The van der Waals surface area contributed by atoms with E-state index in [9.17, 15) is 4.79 Å². The SMILES string of the molecule is CCOc1ccccc1-c1cccc(C(=O)NCCS)c1. The average Bonchev–Trinajstić information content (AvgIpc) is 2.53. The summed E-state index contributed by atoms with van der Waals surface area (Å²) < 4.78 is 5.65. The van der Waals surface area contributed by atoms with Crippen LogP contribution in [0.2, 0.25) is 0 Å². The Morgan fingerprint density at radius 1 is 1.19 bits per heavy atom. The monoisotopic (exact) mass is 301 g/mol. The highest BCUT2D eigenvalue weighted by molar-refractivity contribution is 7.80. The Balaban J connectivity index is 2.31. The molecule has 0 heterocycles. The number of ether oxygens (including phenoxy) is 1. The number of carbonyl (C=O) groups is 1. The minimum Gasteiger partial charge on any atom is -0.493 e. The van der Waals surface area contributed by atoms with Gasteiger partial charge in [-0.15, -0.1) is 0 Å². The number of para-hydroxylation sites is 1. The molecule has 0 fully saturated rings. The largest absolute Gasteiger partial charge is 0.493 e. The lowest BCUT2D eigenvalue weighted by atomic mass is 10.0. The van der Waals surface area contributed by atoms with E-state index in [0.29, 0.717) is 24.5 Å². The summed E-state index contributed by atoms with van der Waals surface area (Å²) in [5.41, 5.74) is 2.60.